The van der Waals surface area contributed by atoms with Crippen molar-refractivity contribution >= 4 is 5.91 Å². The molecule has 216 valence electrons. The lowest BCUT2D eigenvalue weighted by Crippen LogP contribution is -2.77. The van der Waals surface area contributed by atoms with Crippen LogP contribution in [0.4, 0.5) is 0 Å². The summed E-state index contributed by atoms with van der Waals surface area (Å²) in [7, 11) is 0. The quantitative estimate of drug-likeness (QED) is 0.141. The second-order valence-electron chi connectivity index (χ2n) is 9.31. The number of carbonyl (C=O) groups excluding carboxylic acids is 1. The number of hydrogen-bond acceptors (Lipinski definition) is 16. The third kappa shape index (κ3) is 5.62. The van der Waals surface area contributed by atoms with E-state index >= 15 is 0 Å². The molecule has 0 spiro atoms. The number of ether oxygens (including phenoxy) is 4. The molecule has 3 heterocycles. The second kappa shape index (κ2) is 11.9. The molecule has 0 radical (unpaired) electrons. The van der Waals surface area contributed by atoms with Gasteiger partial charge in [0.25, 0.3) is 0 Å². The van der Waals surface area contributed by atoms with Crippen molar-refractivity contribution in [1.29, 1.82) is 0 Å². The fraction of sp³-hybridized carbons (Fsp3) is 0.950. The third-order valence-corrected chi connectivity index (χ3v) is 6.81. The van der Waals surface area contributed by atoms with Gasteiger partial charge in [-0.3, -0.25) is 4.79 Å². The third-order valence-electron chi connectivity index (χ3n) is 6.81. The number of amides is 1. The van der Waals surface area contributed by atoms with Crippen LogP contribution in [0, 0.1) is 0 Å². The Morgan fingerprint density at radius 2 is 1.32 bits per heavy atom. The molecule has 2 unspecified atom stereocenters. The first-order valence-electron chi connectivity index (χ1n) is 11.5. The summed E-state index contributed by atoms with van der Waals surface area (Å²) in [5, 5.41) is 115. The highest BCUT2D eigenvalue weighted by Gasteiger charge is 2.63. The van der Waals surface area contributed by atoms with Gasteiger partial charge in [-0.15, -0.1) is 0 Å². The lowest BCUT2D eigenvalue weighted by atomic mass is 9.81. The molecule has 3 rings (SSSR count). The van der Waals surface area contributed by atoms with E-state index in [1.807, 2.05) is 0 Å². The molecule has 1 amide bonds. The summed E-state index contributed by atoms with van der Waals surface area (Å²) in [6.45, 7) is -1.58. The van der Waals surface area contributed by atoms with E-state index < -0.39 is 117 Å². The Morgan fingerprint density at radius 3 is 1.86 bits per heavy atom. The van der Waals surface area contributed by atoms with Gasteiger partial charge in [0.1, 0.15) is 73.2 Å². The number of rotatable bonds is 7. The summed E-state index contributed by atoms with van der Waals surface area (Å²) >= 11 is 0. The zero-order valence-corrected chi connectivity index (χ0v) is 19.7. The fourth-order valence-electron chi connectivity index (χ4n) is 4.77. The van der Waals surface area contributed by atoms with Crippen molar-refractivity contribution in [3.63, 3.8) is 0 Å². The maximum atomic E-state index is 11.7. The largest absolute Gasteiger partial charge is 0.394 e. The Bertz CT molecular complexity index is 773. The Morgan fingerprint density at radius 1 is 0.784 bits per heavy atom. The van der Waals surface area contributed by atoms with E-state index in [1.165, 1.54) is 0 Å². The molecule has 3 fully saturated rings. The maximum Gasteiger partial charge on any atom is 0.224 e. The van der Waals surface area contributed by atoms with Crippen molar-refractivity contribution in [3.05, 3.63) is 0 Å². The molecule has 17 heteroatoms. The van der Waals surface area contributed by atoms with Crippen LogP contribution >= 0.6 is 0 Å². The van der Waals surface area contributed by atoms with Crippen molar-refractivity contribution in [2.45, 2.75) is 98.3 Å². The zero-order chi connectivity index (χ0) is 27.8. The van der Waals surface area contributed by atoms with Gasteiger partial charge in [-0.2, -0.15) is 0 Å². The van der Waals surface area contributed by atoms with Crippen LogP contribution in [0.25, 0.3) is 0 Å². The van der Waals surface area contributed by atoms with Gasteiger partial charge in [-0.05, 0) is 0 Å². The predicted molar refractivity (Wildman–Crippen MR) is 113 cm³/mol. The van der Waals surface area contributed by atoms with Crippen LogP contribution in [0.2, 0.25) is 0 Å². The molecule has 3 aliphatic heterocycles. The molecule has 17 nitrogen and oxygen atoms in total. The van der Waals surface area contributed by atoms with E-state index in [0.717, 1.165) is 6.92 Å². The highest BCUT2D eigenvalue weighted by Crippen LogP contribution is 2.39. The minimum atomic E-state index is -2.98. The summed E-state index contributed by atoms with van der Waals surface area (Å²) in [6.07, 6.45) is -23.6. The molecule has 0 bridgehead atoms. The molecular formula is C20H35NO16. The summed E-state index contributed by atoms with van der Waals surface area (Å²) in [5.41, 5.74) is 0. The van der Waals surface area contributed by atoms with Gasteiger partial charge >= 0.3 is 0 Å². The van der Waals surface area contributed by atoms with Crippen LogP contribution in [-0.2, 0) is 23.7 Å². The number of aliphatic hydroxyl groups excluding tert-OH is 10. The van der Waals surface area contributed by atoms with Crippen molar-refractivity contribution in [2.24, 2.45) is 0 Å². The highest BCUT2D eigenvalue weighted by atomic mass is 16.7. The van der Waals surface area contributed by atoms with Crippen LogP contribution in [0.3, 0.4) is 0 Å². The average Bonchev–Trinajstić information content (AvgIpc) is 2.86. The van der Waals surface area contributed by atoms with Gasteiger partial charge in [0.05, 0.1) is 25.9 Å². The molecule has 3 aliphatic rings. The molecule has 12 N–H and O–H groups in total. The van der Waals surface area contributed by atoms with Gasteiger partial charge in [-0.1, -0.05) is 0 Å². The number of hydrogen-bond donors (Lipinski definition) is 12. The van der Waals surface area contributed by atoms with Crippen molar-refractivity contribution in [1.82, 2.24) is 5.32 Å². The van der Waals surface area contributed by atoms with E-state index in [-0.39, 0.29) is 0 Å². The fourth-order valence-corrected chi connectivity index (χ4v) is 4.77. The normalized spacial score (nSPS) is 51.0. The van der Waals surface area contributed by atoms with Gasteiger partial charge in [0.15, 0.2) is 6.29 Å². The minimum Gasteiger partial charge on any atom is -0.394 e. The topological polar surface area (TPSA) is 289 Å². The lowest BCUT2D eigenvalue weighted by molar-refractivity contribution is -0.413. The van der Waals surface area contributed by atoms with Crippen LogP contribution < -0.4 is 5.32 Å². The second-order valence-corrected chi connectivity index (χ2v) is 9.31. The van der Waals surface area contributed by atoms with E-state index in [2.05, 4.69) is 5.32 Å². The molecule has 0 aromatic carbocycles. The van der Waals surface area contributed by atoms with Gasteiger partial charge in [0.2, 0.25) is 11.7 Å². The Labute approximate surface area is 210 Å². The molecule has 0 aliphatic carbocycles. The van der Waals surface area contributed by atoms with E-state index in [9.17, 15) is 61.0 Å². The smallest absolute Gasteiger partial charge is 0.224 e. The first-order chi connectivity index (χ1) is 17.3. The number of nitrogens with one attached hydrogen (secondary N) is 1. The SMILES string of the molecule is CC(=O)N[C@H]1C(C2(O)O[C@H](CO)[C@@H](O[C@@H]3O[C@H](CO)[C@H](O)[C@H](O)[C@H]3O)[C@H](O)[C@H]2O)O[C@H](CO)[C@H](O)[C@@H]1O. The summed E-state index contributed by atoms with van der Waals surface area (Å²) in [6, 6.07) is -1.63. The van der Waals surface area contributed by atoms with Gasteiger partial charge in [0, 0.05) is 6.92 Å². The lowest BCUT2D eigenvalue weighted by Gasteiger charge is -2.54. The highest BCUT2D eigenvalue weighted by molar-refractivity contribution is 5.73. The number of carbonyl (C=O) groups is 1. The standard InChI is InChI=1S/C20H35NO16/c1-5(25)21-9-12(28)10(26)6(2-22)34-18(9)20(33)17(32)15(31)16(8(4-24)37-20)36-19-14(30)13(29)11(27)7(3-23)35-19/h6-19,22-24,26-33H,2-4H2,1H3,(H,21,25)/t6-,7-,8-,9-,10+,11+,12-,13+,14-,15+,16-,17-,18?,19+,20?/m1/s1. The van der Waals surface area contributed by atoms with Crippen molar-refractivity contribution in [2.75, 3.05) is 19.8 Å². The molecule has 0 aromatic heterocycles. The van der Waals surface area contributed by atoms with Crippen LogP contribution in [0.15, 0.2) is 0 Å². The molecule has 3 saturated heterocycles. The molecule has 0 saturated carbocycles. The molecule has 15 atom stereocenters. The molecule has 0 aromatic rings. The van der Waals surface area contributed by atoms with E-state index in [4.69, 9.17) is 18.9 Å². The molecule has 37 heavy (non-hydrogen) atoms. The van der Waals surface area contributed by atoms with Gasteiger partial charge in [-0.25, -0.2) is 0 Å². The van der Waals surface area contributed by atoms with Crippen LogP contribution in [0.5, 0.6) is 0 Å². The van der Waals surface area contributed by atoms with Crippen molar-refractivity contribution < 1.29 is 79.9 Å². The van der Waals surface area contributed by atoms with Gasteiger partial charge < -0.3 is 80.4 Å². The summed E-state index contributed by atoms with van der Waals surface area (Å²) in [4.78, 5) is 11.7. The van der Waals surface area contributed by atoms with Crippen molar-refractivity contribution in [3.8, 4) is 0 Å². The summed E-state index contributed by atoms with van der Waals surface area (Å²) in [5.74, 6) is -3.73. The number of aliphatic hydroxyl groups is 11. The summed E-state index contributed by atoms with van der Waals surface area (Å²) < 4.78 is 21.5. The predicted octanol–water partition coefficient (Wildman–Crippen LogP) is -8.04. The molecular weight excluding hydrogens is 510 g/mol. The first-order valence-corrected chi connectivity index (χ1v) is 11.5. The van der Waals surface area contributed by atoms with Crippen LogP contribution in [0.1, 0.15) is 6.92 Å². The Balaban J connectivity index is 1.89. The first kappa shape index (κ1) is 30.4. The van der Waals surface area contributed by atoms with Crippen LogP contribution in [-0.4, -0.2) is 173 Å². The monoisotopic (exact) mass is 545 g/mol. The van der Waals surface area contributed by atoms with E-state index in [0.29, 0.717) is 0 Å². The Kier molecular flexibility index (Phi) is 9.82. The Hall–Kier alpha value is -1.13. The minimum absolute atomic E-state index is 0.746. The average molecular weight is 545 g/mol. The zero-order valence-electron chi connectivity index (χ0n) is 19.7. The van der Waals surface area contributed by atoms with E-state index in [1.54, 1.807) is 0 Å². The maximum absolute atomic E-state index is 11.7.